The second-order valence-electron chi connectivity index (χ2n) is 5.98. The molecule has 1 aromatic carbocycles. The van der Waals surface area contributed by atoms with Gasteiger partial charge in [-0.2, -0.15) is 5.10 Å². The monoisotopic (exact) mass is 355 g/mol. The van der Waals surface area contributed by atoms with Crippen LogP contribution in [0.5, 0.6) is 5.75 Å². The highest BCUT2D eigenvalue weighted by Gasteiger charge is 2.14. The molecular formula is C19H21N3O4. The molecule has 3 aromatic rings. The summed E-state index contributed by atoms with van der Waals surface area (Å²) >= 11 is 0. The van der Waals surface area contributed by atoms with Gasteiger partial charge in [-0.05, 0) is 39.0 Å². The predicted octanol–water partition coefficient (Wildman–Crippen LogP) is 2.44. The highest BCUT2D eigenvalue weighted by Crippen LogP contribution is 2.22. The molecule has 0 fully saturated rings. The number of rotatable bonds is 6. The molecule has 26 heavy (non-hydrogen) atoms. The van der Waals surface area contributed by atoms with Gasteiger partial charge in [0, 0.05) is 29.8 Å². The van der Waals surface area contributed by atoms with E-state index in [9.17, 15) is 9.59 Å². The summed E-state index contributed by atoms with van der Waals surface area (Å²) in [4.78, 5) is 24.4. The Bertz CT molecular complexity index is 1000. The summed E-state index contributed by atoms with van der Waals surface area (Å²) in [7, 11) is 0. The average molecular weight is 355 g/mol. The van der Waals surface area contributed by atoms with E-state index >= 15 is 0 Å². The number of hydrogen-bond acceptors (Lipinski definition) is 5. The Kier molecular flexibility index (Phi) is 5.06. The number of nitrogens with one attached hydrogen (secondary N) is 1. The maximum Gasteiger partial charge on any atom is 0.337 e. The van der Waals surface area contributed by atoms with E-state index in [2.05, 4.69) is 10.4 Å². The Hall–Kier alpha value is -3.09. The van der Waals surface area contributed by atoms with Crippen molar-refractivity contribution in [2.75, 3.05) is 13.2 Å². The second-order valence-corrected chi connectivity index (χ2v) is 5.98. The topological polar surface area (TPSA) is 86.4 Å². The van der Waals surface area contributed by atoms with Gasteiger partial charge in [0.1, 0.15) is 11.3 Å². The Morgan fingerprint density at radius 1 is 1.27 bits per heavy atom. The summed E-state index contributed by atoms with van der Waals surface area (Å²) in [5.74, 6) is 0.263. The van der Waals surface area contributed by atoms with E-state index in [4.69, 9.17) is 9.15 Å². The van der Waals surface area contributed by atoms with Gasteiger partial charge in [0.25, 0.3) is 5.91 Å². The van der Waals surface area contributed by atoms with E-state index in [0.717, 1.165) is 11.4 Å². The Morgan fingerprint density at radius 3 is 2.77 bits per heavy atom. The van der Waals surface area contributed by atoms with Crippen LogP contribution in [0.15, 0.2) is 39.5 Å². The molecule has 7 heteroatoms. The summed E-state index contributed by atoms with van der Waals surface area (Å²) in [6.45, 7) is 7.22. The average Bonchev–Trinajstić information content (AvgIpc) is 2.91. The number of hydrogen-bond donors (Lipinski definition) is 1. The van der Waals surface area contributed by atoms with Gasteiger partial charge in [-0.25, -0.2) is 4.79 Å². The van der Waals surface area contributed by atoms with Gasteiger partial charge in [-0.1, -0.05) is 0 Å². The van der Waals surface area contributed by atoms with Gasteiger partial charge in [-0.15, -0.1) is 0 Å². The molecular weight excluding hydrogens is 334 g/mol. The summed E-state index contributed by atoms with van der Waals surface area (Å²) in [5, 5.41) is 7.76. The number of carbonyl (C=O) groups excluding carboxylic acids is 1. The minimum absolute atomic E-state index is 0.285. The molecule has 0 aliphatic rings. The minimum Gasteiger partial charge on any atom is -0.494 e. The standard InChI is InChI=1S/C19H21N3O4/c1-4-25-14-5-6-15-16(11-18(23)26-17(15)10-14)19(24)20-7-8-22-13(3)9-12(2)21-22/h5-6,9-11H,4,7-8H2,1-3H3,(H,20,24). The van der Waals surface area contributed by atoms with Crippen molar-refractivity contribution in [2.24, 2.45) is 0 Å². The van der Waals surface area contributed by atoms with Crippen LogP contribution in [0.1, 0.15) is 28.7 Å². The van der Waals surface area contributed by atoms with Crippen molar-refractivity contribution in [1.29, 1.82) is 0 Å². The van der Waals surface area contributed by atoms with Gasteiger partial charge in [-0.3, -0.25) is 9.48 Å². The van der Waals surface area contributed by atoms with Crippen LogP contribution in [0.3, 0.4) is 0 Å². The van der Waals surface area contributed by atoms with Gasteiger partial charge in [0.15, 0.2) is 0 Å². The maximum atomic E-state index is 12.5. The lowest BCUT2D eigenvalue weighted by Gasteiger charge is -2.09. The fourth-order valence-electron chi connectivity index (χ4n) is 2.86. The molecule has 0 aliphatic heterocycles. The number of fused-ring (bicyclic) bond motifs is 1. The van der Waals surface area contributed by atoms with Crippen molar-refractivity contribution in [2.45, 2.75) is 27.3 Å². The van der Waals surface area contributed by atoms with E-state index in [1.54, 1.807) is 18.2 Å². The summed E-state index contributed by atoms with van der Waals surface area (Å²) < 4.78 is 12.4. The number of carbonyl (C=O) groups is 1. The zero-order chi connectivity index (χ0) is 18.7. The molecule has 3 rings (SSSR count). The van der Waals surface area contributed by atoms with Crippen LogP contribution < -0.4 is 15.7 Å². The van der Waals surface area contributed by atoms with Crippen LogP contribution in [0.2, 0.25) is 0 Å². The van der Waals surface area contributed by atoms with Gasteiger partial charge >= 0.3 is 5.63 Å². The molecule has 0 saturated carbocycles. The Balaban J connectivity index is 1.79. The third-order valence-electron chi connectivity index (χ3n) is 3.98. The van der Waals surface area contributed by atoms with Crippen LogP contribution in [-0.4, -0.2) is 28.8 Å². The first-order chi connectivity index (χ1) is 12.5. The molecule has 2 aromatic heterocycles. The molecule has 0 saturated heterocycles. The maximum absolute atomic E-state index is 12.5. The number of nitrogens with zero attached hydrogens (tertiary/aromatic N) is 2. The highest BCUT2D eigenvalue weighted by atomic mass is 16.5. The first-order valence-electron chi connectivity index (χ1n) is 8.48. The number of aryl methyl sites for hydroxylation is 2. The number of aromatic nitrogens is 2. The van der Waals surface area contributed by atoms with Gasteiger partial charge in [0.05, 0.1) is 24.4 Å². The van der Waals surface area contributed by atoms with Crippen molar-refractivity contribution in [3.63, 3.8) is 0 Å². The normalized spacial score (nSPS) is 10.9. The first-order valence-corrected chi connectivity index (χ1v) is 8.48. The Morgan fingerprint density at radius 2 is 2.08 bits per heavy atom. The van der Waals surface area contributed by atoms with E-state index in [-0.39, 0.29) is 11.5 Å². The molecule has 7 nitrogen and oxygen atoms in total. The largest absolute Gasteiger partial charge is 0.494 e. The fourth-order valence-corrected chi connectivity index (χ4v) is 2.86. The third-order valence-corrected chi connectivity index (χ3v) is 3.98. The van der Waals surface area contributed by atoms with Crippen LogP contribution in [0.25, 0.3) is 11.0 Å². The van der Waals surface area contributed by atoms with Crippen LogP contribution in [0.4, 0.5) is 0 Å². The number of benzene rings is 1. The lowest BCUT2D eigenvalue weighted by atomic mass is 10.1. The molecule has 1 amide bonds. The number of amides is 1. The highest BCUT2D eigenvalue weighted by molar-refractivity contribution is 6.05. The summed E-state index contributed by atoms with van der Waals surface area (Å²) in [5.41, 5.74) is 2.01. The van der Waals surface area contributed by atoms with Crippen LogP contribution in [0, 0.1) is 13.8 Å². The van der Waals surface area contributed by atoms with E-state index in [1.807, 2.05) is 31.5 Å². The smallest absolute Gasteiger partial charge is 0.337 e. The molecule has 0 atom stereocenters. The predicted molar refractivity (Wildman–Crippen MR) is 97.7 cm³/mol. The van der Waals surface area contributed by atoms with Crippen molar-refractivity contribution < 1.29 is 13.9 Å². The van der Waals surface area contributed by atoms with Gasteiger partial charge < -0.3 is 14.5 Å². The fraction of sp³-hybridized carbons (Fsp3) is 0.316. The first kappa shape index (κ1) is 17.7. The molecule has 0 spiro atoms. The molecule has 0 radical (unpaired) electrons. The van der Waals surface area contributed by atoms with Gasteiger partial charge in [0.2, 0.25) is 0 Å². The molecule has 0 aliphatic carbocycles. The molecule has 1 N–H and O–H groups in total. The lowest BCUT2D eigenvalue weighted by Crippen LogP contribution is -2.28. The van der Waals surface area contributed by atoms with E-state index < -0.39 is 5.63 Å². The summed E-state index contributed by atoms with van der Waals surface area (Å²) in [6.07, 6.45) is 0. The SMILES string of the molecule is CCOc1ccc2c(C(=O)NCCn3nc(C)cc3C)cc(=O)oc2c1. The van der Waals surface area contributed by atoms with Crippen molar-refractivity contribution in [3.05, 3.63) is 57.7 Å². The molecule has 0 unspecified atom stereocenters. The zero-order valence-electron chi connectivity index (χ0n) is 15.0. The molecule has 2 heterocycles. The zero-order valence-corrected chi connectivity index (χ0v) is 15.0. The lowest BCUT2D eigenvalue weighted by molar-refractivity contribution is 0.0953. The molecule has 0 bridgehead atoms. The minimum atomic E-state index is -0.574. The van der Waals surface area contributed by atoms with Crippen LogP contribution in [-0.2, 0) is 6.54 Å². The Labute approximate surface area is 150 Å². The van der Waals surface area contributed by atoms with E-state index in [1.165, 1.54) is 6.07 Å². The van der Waals surface area contributed by atoms with Crippen LogP contribution >= 0.6 is 0 Å². The number of ether oxygens (including phenoxy) is 1. The molecule has 136 valence electrons. The quantitative estimate of drug-likeness (QED) is 0.686. The van der Waals surface area contributed by atoms with Crippen molar-refractivity contribution in [3.8, 4) is 5.75 Å². The second kappa shape index (κ2) is 7.43. The van der Waals surface area contributed by atoms with Crippen molar-refractivity contribution in [1.82, 2.24) is 15.1 Å². The summed E-state index contributed by atoms with van der Waals surface area (Å²) in [6, 6.07) is 8.28. The van der Waals surface area contributed by atoms with Crippen molar-refractivity contribution >= 4 is 16.9 Å². The van der Waals surface area contributed by atoms with E-state index in [0.29, 0.717) is 36.4 Å². The third kappa shape index (κ3) is 3.77.